The number of benzene rings is 1. The van der Waals surface area contributed by atoms with Crippen LogP contribution in [-0.4, -0.2) is 26.4 Å². The summed E-state index contributed by atoms with van der Waals surface area (Å²) >= 11 is 6.64. The number of nitrogens with one attached hydrogen (secondary N) is 1. The highest BCUT2D eigenvalue weighted by Crippen LogP contribution is 2.39. The van der Waals surface area contributed by atoms with Gasteiger partial charge in [-0.3, -0.25) is 4.79 Å². The summed E-state index contributed by atoms with van der Waals surface area (Å²) in [7, 11) is 0. The summed E-state index contributed by atoms with van der Waals surface area (Å²) in [6.07, 6.45) is 3.13. The minimum atomic E-state index is -0.0307. The lowest BCUT2D eigenvalue weighted by Gasteiger charge is -2.14. The highest BCUT2D eigenvalue weighted by molar-refractivity contribution is 9.10. The third kappa shape index (κ3) is 4.85. The first-order chi connectivity index (χ1) is 13.6. The van der Waals surface area contributed by atoms with E-state index in [1.165, 1.54) is 16.6 Å². The van der Waals surface area contributed by atoms with Crippen molar-refractivity contribution in [1.82, 2.24) is 20.1 Å². The second kappa shape index (κ2) is 8.80. The highest BCUT2D eigenvalue weighted by Gasteiger charge is 2.30. The Labute approximate surface area is 181 Å². The van der Waals surface area contributed by atoms with E-state index in [2.05, 4.69) is 53.5 Å². The SMILES string of the molecule is C[C@@H](NC(=O)CSc1nnc(Cc2cccs2)n1C1CC1)c1ccc(Br)cc1. The molecule has 1 aliphatic rings. The number of amides is 1. The Balaban J connectivity index is 1.37. The van der Waals surface area contributed by atoms with Crippen molar-refractivity contribution in [2.75, 3.05) is 5.75 Å². The predicted octanol–water partition coefficient (Wildman–Crippen LogP) is 5.00. The largest absolute Gasteiger partial charge is 0.349 e. The molecule has 4 rings (SSSR count). The minimum absolute atomic E-state index is 0.00516. The van der Waals surface area contributed by atoms with Crippen molar-refractivity contribution in [3.05, 3.63) is 62.5 Å². The van der Waals surface area contributed by atoms with Crippen molar-refractivity contribution in [2.24, 2.45) is 0 Å². The molecule has 5 nitrogen and oxygen atoms in total. The van der Waals surface area contributed by atoms with Crippen LogP contribution < -0.4 is 5.32 Å². The highest BCUT2D eigenvalue weighted by atomic mass is 79.9. The summed E-state index contributed by atoms with van der Waals surface area (Å²) in [6.45, 7) is 2.00. The summed E-state index contributed by atoms with van der Waals surface area (Å²) in [4.78, 5) is 13.7. The number of hydrogen-bond donors (Lipinski definition) is 1. The second-order valence-corrected chi connectivity index (χ2v) is 9.78. The van der Waals surface area contributed by atoms with Gasteiger partial charge >= 0.3 is 0 Å². The predicted molar refractivity (Wildman–Crippen MR) is 117 cm³/mol. The molecule has 0 spiro atoms. The van der Waals surface area contributed by atoms with Gasteiger partial charge < -0.3 is 9.88 Å². The Bertz CT molecular complexity index is 936. The topological polar surface area (TPSA) is 59.8 Å². The quantitative estimate of drug-likeness (QED) is 0.464. The molecule has 1 N–H and O–H groups in total. The first kappa shape index (κ1) is 19.7. The zero-order valence-electron chi connectivity index (χ0n) is 15.5. The summed E-state index contributed by atoms with van der Waals surface area (Å²) in [6, 6.07) is 12.6. The van der Waals surface area contributed by atoms with Crippen LogP contribution in [-0.2, 0) is 11.2 Å². The van der Waals surface area contributed by atoms with Gasteiger partial charge in [0.1, 0.15) is 5.82 Å². The van der Waals surface area contributed by atoms with Crippen LogP contribution >= 0.6 is 39.0 Å². The van der Waals surface area contributed by atoms with Crippen LogP contribution in [0.25, 0.3) is 0 Å². The average Bonchev–Trinajstić information content (AvgIpc) is 3.23. The molecule has 8 heteroatoms. The summed E-state index contributed by atoms with van der Waals surface area (Å²) in [5.41, 5.74) is 1.08. The summed E-state index contributed by atoms with van der Waals surface area (Å²) < 4.78 is 3.26. The van der Waals surface area contributed by atoms with E-state index in [0.29, 0.717) is 11.8 Å². The van der Waals surface area contributed by atoms with Gasteiger partial charge in [-0.2, -0.15) is 0 Å². The molecule has 1 saturated carbocycles. The lowest BCUT2D eigenvalue weighted by Crippen LogP contribution is -2.28. The van der Waals surface area contributed by atoms with Gasteiger partial charge in [-0.05, 0) is 48.9 Å². The van der Waals surface area contributed by atoms with Gasteiger partial charge in [0.2, 0.25) is 5.91 Å². The molecule has 1 aliphatic carbocycles. The molecule has 146 valence electrons. The number of thiophene rings is 1. The van der Waals surface area contributed by atoms with Crippen LogP contribution in [0.5, 0.6) is 0 Å². The minimum Gasteiger partial charge on any atom is -0.349 e. The maximum absolute atomic E-state index is 12.4. The van der Waals surface area contributed by atoms with Crippen LogP contribution in [0.4, 0.5) is 0 Å². The number of carbonyl (C=O) groups is 1. The van der Waals surface area contributed by atoms with Crippen LogP contribution in [0.3, 0.4) is 0 Å². The molecule has 1 amide bonds. The van der Waals surface area contributed by atoms with Crippen molar-refractivity contribution in [3.8, 4) is 0 Å². The van der Waals surface area contributed by atoms with Gasteiger partial charge in [0.15, 0.2) is 5.16 Å². The Hall–Kier alpha value is -1.64. The van der Waals surface area contributed by atoms with Crippen LogP contribution in [0.2, 0.25) is 0 Å². The molecular formula is C20H21BrN4OS2. The first-order valence-corrected chi connectivity index (χ1v) is 11.9. The average molecular weight is 477 g/mol. The molecule has 2 heterocycles. The number of aromatic nitrogens is 3. The van der Waals surface area contributed by atoms with Crippen molar-refractivity contribution in [1.29, 1.82) is 0 Å². The normalized spacial score (nSPS) is 14.8. The van der Waals surface area contributed by atoms with Gasteiger partial charge in [0, 0.05) is 21.8 Å². The number of halogens is 1. The summed E-state index contributed by atoms with van der Waals surface area (Å²) in [5.74, 6) is 1.34. The molecule has 3 aromatic rings. The molecule has 2 aromatic heterocycles. The number of nitrogens with zero attached hydrogens (tertiary/aromatic N) is 3. The fourth-order valence-electron chi connectivity index (χ4n) is 3.04. The number of rotatable bonds is 8. The zero-order chi connectivity index (χ0) is 19.5. The van der Waals surface area contributed by atoms with Crippen LogP contribution in [0.15, 0.2) is 51.4 Å². The zero-order valence-corrected chi connectivity index (χ0v) is 18.7. The van der Waals surface area contributed by atoms with E-state index in [0.717, 1.165) is 40.3 Å². The van der Waals surface area contributed by atoms with Crippen LogP contribution in [0.1, 0.15) is 48.1 Å². The molecule has 0 aliphatic heterocycles. The Kier molecular flexibility index (Phi) is 6.18. The maximum Gasteiger partial charge on any atom is 0.230 e. The number of hydrogen-bond acceptors (Lipinski definition) is 5. The Morgan fingerprint density at radius 2 is 2.11 bits per heavy atom. The third-order valence-corrected chi connectivity index (χ3v) is 6.99. The molecule has 28 heavy (non-hydrogen) atoms. The monoisotopic (exact) mass is 476 g/mol. The van der Waals surface area contributed by atoms with Gasteiger partial charge in [-0.25, -0.2) is 0 Å². The molecule has 1 fully saturated rings. The van der Waals surface area contributed by atoms with Crippen molar-refractivity contribution < 1.29 is 4.79 Å². The maximum atomic E-state index is 12.4. The fourth-order valence-corrected chi connectivity index (χ4v) is 4.84. The van der Waals surface area contributed by atoms with E-state index in [1.807, 2.05) is 31.2 Å². The lowest BCUT2D eigenvalue weighted by molar-refractivity contribution is -0.119. The number of thioether (sulfide) groups is 1. The molecular weight excluding hydrogens is 456 g/mol. The lowest BCUT2D eigenvalue weighted by atomic mass is 10.1. The van der Waals surface area contributed by atoms with Gasteiger partial charge in [-0.1, -0.05) is 45.9 Å². The van der Waals surface area contributed by atoms with Crippen LogP contribution in [0, 0.1) is 0 Å². The first-order valence-electron chi connectivity index (χ1n) is 9.24. The molecule has 1 atom stereocenters. The van der Waals surface area contributed by atoms with Crippen molar-refractivity contribution in [2.45, 2.75) is 43.4 Å². The standard InChI is InChI=1S/C20H21BrN4OS2/c1-13(14-4-6-15(21)7-5-14)22-19(26)12-28-20-24-23-18(25(20)16-8-9-16)11-17-3-2-10-27-17/h2-7,10,13,16H,8-9,11-12H2,1H3,(H,22,26)/t13-/m1/s1. The molecule has 0 bridgehead atoms. The van der Waals surface area contributed by atoms with E-state index < -0.39 is 0 Å². The fraction of sp³-hybridized carbons (Fsp3) is 0.350. The second-order valence-electron chi connectivity index (χ2n) is 6.89. The number of carbonyl (C=O) groups excluding carboxylic acids is 1. The van der Waals surface area contributed by atoms with E-state index in [-0.39, 0.29) is 11.9 Å². The van der Waals surface area contributed by atoms with Crippen molar-refractivity contribution >= 4 is 44.9 Å². The van der Waals surface area contributed by atoms with E-state index in [4.69, 9.17) is 0 Å². The van der Waals surface area contributed by atoms with E-state index in [1.54, 1.807) is 11.3 Å². The molecule has 0 saturated heterocycles. The Morgan fingerprint density at radius 1 is 1.32 bits per heavy atom. The smallest absolute Gasteiger partial charge is 0.230 e. The van der Waals surface area contributed by atoms with E-state index >= 15 is 0 Å². The van der Waals surface area contributed by atoms with E-state index in [9.17, 15) is 4.79 Å². The van der Waals surface area contributed by atoms with Gasteiger partial charge in [-0.15, -0.1) is 21.5 Å². The Morgan fingerprint density at radius 3 is 2.79 bits per heavy atom. The van der Waals surface area contributed by atoms with Gasteiger partial charge in [0.05, 0.1) is 11.8 Å². The molecule has 1 aromatic carbocycles. The van der Waals surface area contributed by atoms with Crippen molar-refractivity contribution in [3.63, 3.8) is 0 Å². The molecule has 0 unspecified atom stereocenters. The van der Waals surface area contributed by atoms with Gasteiger partial charge in [0.25, 0.3) is 0 Å². The summed E-state index contributed by atoms with van der Waals surface area (Å²) in [5, 5.41) is 14.8. The molecule has 0 radical (unpaired) electrons. The third-order valence-electron chi connectivity index (χ3n) is 4.64.